The van der Waals surface area contributed by atoms with Crippen LogP contribution < -0.4 is 0 Å². The quantitative estimate of drug-likeness (QED) is 0.848. The molecule has 1 aromatic rings. The fourth-order valence-corrected chi connectivity index (χ4v) is 2.94. The average Bonchev–Trinajstić information content (AvgIpc) is 2.76. The Kier molecular flexibility index (Phi) is 4.18. The molecule has 0 aliphatic rings. The van der Waals surface area contributed by atoms with E-state index in [0.29, 0.717) is 0 Å². The van der Waals surface area contributed by atoms with Crippen LogP contribution in [0.15, 0.2) is 17.2 Å². The normalized spacial score (nSPS) is 14.1. The number of carbonyl (C=O) groups is 1. The zero-order valence-electron chi connectivity index (χ0n) is 10.8. The van der Waals surface area contributed by atoms with Crippen LogP contribution >= 0.6 is 0 Å². The third-order valence-corrected chi connectivity index (χ3v) is 5.02. The van der Waals surface area contributed by atoms with Crippen LogP contribution in [0.1, 0.15) is 31.3 Å². The number of aromatic amines is 1. The number of aromatic carboxylic acids is 1. The zero-order chi connectivity index (χ0) is 14.1. The molecule has 1 atom stereocenters. The largest absolute Gasteiger partial charge is 0.477 e. The monoisotopic (exact) mass is 274 g/mol. The van der Waals surface area contributed by atoms with Crippen LogP contribution in [-0.2, 0) is 10.0 Å². The summed E-state index contributed by atoms with van der Waals surface area (Å²) < 4.78 is 25.7. The predicted octanol–water partition coefficient (Wildman–Crippen LogP) is 1.38. The number of nitrogens with one attached hydrogen (secondary N) is 1. The molecule has 0 aliphatic heterocycles. The smallest absolute Gasteiger partial charge is 0.352 e. The van der Waals surface area contributed by atoms with Gasteiger partial charge in [0.05, 0.1) is 0 Å². The van der Waals surface area contributed by atoms with E-state index in [1.54, 1.807) is 0 Å². The highest BCUT2D eigenvalue weighted by Gasteiger charge is 2.28. The van der Waals surface area contributed by atoms with Crippen molar-refractivity contribution < 1.29 is 18.3 Å². The lowest BCUT2D eigenvalue weighted by molar-refractivity contribution is 0.0691. The van der Waals surface area contributed by atoms with Gasteiger partial charge in [-0.15, -0.1) is 0 Å². The maximum atomic E-state index is 12.2. The Hall–Kier alpha value is -1.34. The van der Waals surface area contributed by atoms with Crippen molar-refractivity contribution >= 4 is 16.0 Å². The van der Waals surface area contributed by atoms with Crippen molar-refractivity contribution in [2.75, 3.05) is 7.05 Å². The van der Waals surface area contributed by atoms with Crippen LogP contribution in [0.3, 0.4) is 0 Å². The van der Waals surface area contributed by atoms with Gasteiger partial charge in [0.2, 0.25) is 10.0 Å². The van der Waals surface area contributed by atoms with Gasteiger partial charge in [-0.2, -0.15) is 4.31 Å². The van der Waals surface area contributed by atoms with Gasteiger partial charge in [-0.05, 0) is 18.9 Å². The molecule has 1 heterocycles. The van der Waals surface area contributed by atoms with Gasteiger partial charge in [-0.3, -0.25) is 0 Å². The minimum Gasteiger partial charge on any atom is -0.477 e. The van der Waals surface area contributed by atoms with Crippen LogP contribution in [0, 0.1) is 5.92 Å². The predicted molar refractivity (Wildman–Crippen MR) is 67.0 cm³/mol. The van der Waals surface area contributed by atoms with Gasteiger partial charge in [0.1, 0.15) is 10.6 Å². The molecule has 0 radical (unpaired) electrons. The highest BCUT2D eigenvalue weighted by Crippen LogP contribution is 2.20. The first-order valence-electron chi connectivity index (χ1n) is 5.57. The molecule has 0 fully saturated rings. The number of aromatic nitrogens is 1. The van der Waals surface area contributed by atoms with Crippen molar-refractivity contribution in [1.82, 2.24) is 9.29 Å². The summed E-state index contributed by atoms with van der Waals surface area (Å²) in [6.07, 6.45) is 1.20. The van der Waals surface area contributed by atoms with Gasteiger partial charge in [0.15, 0.2) is 0 Å². The van der Waals surface area contributed by atoms with Crippen LogP contribution in [0.2, 0.25) is 0 Å². The molecular weight excluding hydrogens is 256 g/mol. The number of hydrogen-bond donors (Lipinski definition) is 2. The molecule has 7 heteroatoms. The van der Waals surface area contributed by atoms with Gasteiger partial charge in [-0.1, -0.05) is 13.8 Å². The second-order valence-electron chi connectivity index (χ2n) is 4.56. The van der Waals surface area contributed by atoms with Gasteiger partial charge in [0.25, 0.3) is 0 Å². The zero-order valence-corrected chi connectivity index (χ0v) is 11.7. The van der Waals surface area contributed by atoms with E-state index in [4.69, 9.17) is 5.11 Å². The molecular formula is C11H18N2O4S. The van der Waals surface area contributed by atoms with E-state index in [1.165, 1.54) is 17.5 Å². The number of carboxylic acids is 1. The molecule has 1 rings (SSSR count). The molecule has 6 nitrogen and oxygen atoms in total. The van der Waals surface area contributed by atoms with E-state index in [1.807, 2.05) is 20.8 Å². The first-order chi connectivity index (χ1) is 8.17. The van der Waals surface area contributed by atoms with E-state index in [2.05, 4.69) is 4.98 Å². The van der Waals surface area contributed by atoms with Crippen molar-refractivity contribution in [2.45, 2.75) is 31.7 Å². The van der Waals surface area contributed by atoms with E-state index in [-0.39, 0.29) is 22.5 Å². The lowest BCUT2D eigenvalue weighted by atomic mass is 10.1. The van der Waals surface area contributed by atoms with Gasteiger partial charge < -0.3 is 10.1 Å². The van der Waals surface area contributed by atoms with Crippen LogP contribution in [-0.4, -0.2) is 41.9 Å². The number of H-pyrrole nitrogens is 1. The Labute approximate surface area is 107 Å². The Morgan fingerprint density at radius 2 is 1.94 bits per heavy atom. The number of sulfonamides is 1. The first kappa shape index (κ1) is 14.7. The van der Waals surface area contributed by atoms with Gasteiger partial charge in [-0.25, -0.2) is 13.2 Å². The second kappa shape index (κ2) is 5.11. The molecule has 102 valence electrons. The second-order valence-corrected chi connectivity index (χ2v) is 6.56. The topological polar surface area (TPSA) is 90.5 Å². The molecule has 1 unspecified atom stereocenters. The SMILES string of the molecule is CC(C)C(C)N(C)S(=O)(=O)c1c[nH]c(C(=O)O)c1. The van der Waals surface area contributed by atoms with E-state index < -0.39 is 16.0 Å². The van der Waals surface area contributed by atoms with E-state index in [9.17, 15) is 13.2 Å². The van der Waals surface area contributed by atoms with Crippen molar-refractivity contribution in [1.29, 1.82) is 0 Å². The molecule has 0 aliphatic carbocycles. The average molecular weight is 274 g/mol. The molecule has 0 saturated heterocycles. The molecule has 0 spiro atoms. The minimum atomic E-state index is -3.66. The van der Waals surface area contributed by atoms with Crippen LogP contribution in [0.25, 0.3) is 0 Å². The van der Waals surface area contributed by atoms with Gasteiger partial charge in [0, 0.05) is 19.3 Å². The van der Waals surface area contributed by atoms with Gasteiger partial charge >= 0.3 is 5.97 Å². The standard InChI is InChI=1S/C11H18N2O4S/c1-7(2)8(3)13(4)18(16,17)9-5-10(11(14)15)12-6-9/h5-8,12H,1-4H3,(H,14,15). The van der Waals surface area contributed by atoms with Crippen molar-refractivity contribution in [3.8, 4) is 0 Å². The molecule has 18 heavy (non-hydrogen) atoms. The van der Waals surface area contributed by atoms with Crippen molar-refractivity contribution in [3.05, 3.63) is 18.0 Å². The maximum absolute atomic E-state index is 12.2. The number of rotatable bonds is 5. The summed E-state index contributed by atoms with van der Waals surface area (Å²) in [6, 6.07) is 0.958. The fraction of sp³-hybridized carbons (Fsp3) is 0.545. The number of hydrogen-bond acceptors (Lipinski definition) is 3. The summed E-state index contributed by atoms with van der Waals surface area (Å²) in [5, 5.41) is 8.76. The minimum absolute atomic E-state index is 0.0325. The molecule has 0 amide bonds. The molecule has 1 aromatic heterocycles. The molecule has 0 saturated carbocycles. The molecule has 0 bridgehead atoms. The van der Waals surface area contributed by atoms with Crippen molar-refractivity contribution in [3.63, 3.8) is 0 Å². The Morgan fingerprint density at radius 1 is 1.39 bits per heavy atom. The maximum Gasteiger partial charge on any atom is 0.352 e. The highest BCUT2D eigenvalue weighted by molar-refractivity contribution is 7.89. The summed E-state index contributed by atoms with van der Waals surface area (Å²) in [4.78, 5) is 13.1. The summed E-state index contributed by atoms with van der Waals surface area (Å²) in [7, 11) is -2.16. The molecule has 2 N–H and O–H groups in total. The van der Waals surface area contributed by atoms with E-state index in [0.717, 1.165) is 6.07 Å². The fourth-order valence-electron chi connectivity index (χ4n) is 1.45. The number of carboxylic acid groups (broad SMARTS) is 1. The van der Waals surface area contributed by atoms with E-state index >= 15 is 0 Å². The third-order valence-electron chi connectivity index (χ3n) is 3.10. The first-order valence-corrected chi connectivity index (χ1v) is 7.01. The third kappa shape index (κ3) is 2.73. The van der Waals surface area contributed by atoms with Crippen LogP contribution in [0.4, 0.5) is 0 Å². The van der Waals surface area contributed by atoms with Crippen molar-refractivity contribution in [2.24, 2.45) is 5.92 Å². The Balaban J connectivity index is 3.09. The Morgan fingerprint density at radius 3 is 2.33 bits per heavy atom. The summed E-state index contributed by atoms with van der Waals surface area (Å²) in [6.45, 7) is 5.67. The number of nitrogens with zero attached hydrogens (tertiary/aromatic N) is 1. The lowest BCUT2D eigenvalue weighted by Gasteiger charge is -2.26. The highest BCUT2D eigenvalue weighted by atomic mass is 32.2. The lowest BCUT2D eigenvalue weighted by Crippen LogP contribution is -2.38. The summed E-state index contributed by atoms with van der Waals surface area (Å²) in [5.41, 5.74) is -0.140. The van der Waals surface area contributed by atoms with Crippen LogP contribution in [0.5, 0.6) is 0 Å². The molecule has 0 aromatic carbocycles. The summed E-state index contributed by atoms with van der Waals surface area (Å²) >= 11 is 0. The summed E-state index contributed by atoms with van der Waals surface area (Å²) in [5.74, 6) is -1.02. The Bertz CT molecular complexity index is 533.